The summed E-state index contributed by atoms with van der Waals surface area (Å²) in [6.07, 6.45) is -0.617. The van der Waals surface area contributed by atoms with Gasteiger partial charge in [-0.15, -0.1) is 0 Å². The van der Waals surface area contributed by atoms with Gasteiger partial charge in [0.05, 0.1) is 0 Å². The third-order valence-electron chi connectivity index (χ3n) is 5.72. The minimum absolute atomic E-state index is 0.0639. The Balaban J connectivity index is 1.54. The molecule has 4 rings (SSSR count). The quantitative estimate of drug-likeness (QED) is 0.740. The van der Waals surface area contributed by atoms with Gasteiger partial charge in [0.25, 0.3) is 5.91 Å². The summed E-state index contributed by atoms with van der Waals surface area (Å²) in [5.41, 5.74) is -1.09. The minimum Gasteiger partial charge on any atom is -0.341 e. The van der Waals surface area contributed by atoms with Gasteiger partial charge >= 0.3 is 6.18 Å². The average molecular weight is 454 g/mol. The predicted molar refractivity (Wildman–Crippen MR) is 112 cm³/mol. The molecule has 0 unspecified atom stereocenters. The van der Waals surface area contributed by atoms with Gasteiger partial charge < -0.3 is 15.1 Å². The molecule has 0 atom stereocenters. The third-order valence-corrected chi connectivity index (χ3v) is 5.96. The van der Waals surface area contributed by atoms with Gasteiger partial charge in [-0.1, -0.05) is 17.7 Å². The number of hydrogen-bond donors (Lipinski definition) is 1. The van der Waals surface area contributed by atoms with E-state index in [1.807, 2.05) is 0 Å². The first-order valence-electron chi connectivity index (χ1n) is 10.3. The summed E-state index contributed by atoms with van der Waals surface area (Å²) in [6.45, 7) is 3.27. The van der Waals surface area contributed by atoms with Gasteiger partial charge in [-0.3, -0.25) is 4.79 Å². The Morgan fingerprint density at radius 3 is 2.42 bits per heavy atom. The number of alkyl halides is 3. The van der Waals surface area contributed by atoms with Crippen LogP contribution in [0.1, 0.15) is 41.9 Å². The number of benzene rings is 1. The number of likely N-dealkylation sites (tertiary alicyclic amines) is 1. The van der Waals surface area contributed by atoms with Crippen molar-refractivity contribution in [2.45, 2.75) is 37.9 Å². The SMILES string of the molecule is O=C(Nc1cccc(Cl)c1)c1cc(C(F)(F)F)nc(N2CCC(N3CCCC3)CC2)n1. The average Bonchev–Trinajstić information content (AvgIpc) is 3.28. The Morgan fingerprint density at radius 1 is 1.06 bits per heavy atom. The van der Waals surface area contributed by atoms with Crippen molar-refractivity contribution in [3.05, 3.63) is 46.7 Å². The fourth-order valence-electron chi connectivity index (χ4n) is 4.14. The highest BCUT2D eigenvalue weighted by molar-refractivity contribution is 6.30. The second-order valence-corrected chi connectivity index (χ2v) is 8.30. The first-order chi connectivity index (χ1) is 14.8. The highest BCUT2D eigenvalue weighted by Gasteiger charge is 2.36. The number of nitrogens with one attached hydrogen (secondary N) is 1. The van der Waals surface area contributed by atoms with Crippen molar-refractivity contribution in [3.63, 3.8) is 0 Å². The molecule has 0 bridgehead atoms. The molecular formula is C21H23ClF3N5O. The summed E-state index contributed by atoms with van der Waals surface area (Å²) in [5.74, 6) is -0.811. The van der Waals surface area contributed by atoms with Crippen LogP contribution in [0.2, 0.25) is 5.02 Å². The van der Waals surface area contributed by atoms with Gasteiger partial charge in [0.1, 0.15) is 5.69 Å². The van der Waals surface area contributed by atoms with E-state index in [-0.39, 0.29) is 11.6 Å². The predicted octanol–water partition coefficient (Wildman–Crippen LogP) is 4.47. The summed E-state index contributed by atoms with van der Waals surface area (Å²) in [5, 5.41) is 2.95. The van der Waals surface area contributed by atoms with Gasteiger partial charge in [-0.25, -0.2) is 9.97 Å². The van der Waals surface area contributed by atoms with E-state index in [1.54, 1.807) is 23.1 Å². The monoisotopic (exact) mass is 453 g/mol. The molecule has 3 heterocycles. The van der Waals surface area contributed by atoms with Crippen LogP contribution in [0, 0.1) is 0 Å². The molecular weight excluding hydrogens is 431 g/mol. The number of carbonyl (C=O) groups is 1. The first kappa shape index (κ1) is 21.8. The zero-order valence-electron chi connectivity index (χ0n) is 16.8. The number of amides is 1. The smallest absolute Gasteiger partial charge is 0.341 e. The van der Waals surface area contributed by atoms with Crippen LogP contribution in [0.4, 0.5) is 24.8 Å². The van der Waals surface area contributed by atoms with Crippen LogP contribution in [-0.4, -0.2) is 53.0 Å². The topological polar surface area (TPSA) is 61.4 Å². The molecule has 0 radical (unpaired) electrons. The van der Waals surface area contributed by atoms with Gasteiger partial charge in [0, 0.05) is 35.9 Å². The molecule has 2 aliphatic heterocycles. The number of aromatic nitrogens is 2. The van der Waals surface area contributed by atoms with Crippen LogP contribution < -0.4 is 10.2 Å². The maximum absolute atomic E-state index is 13.5. The lowest BCUT2D eigenvalue weighted by atomic mass is 10.0. The van der Waals surface area contributed by atoms with E-state index in [9.17, 15) is 18.0 Å². The summed E-state index contributed by atoms with van der Waals surface area (Å²) in [6, 6.07) is 7.49. The summed E-state index contributed by atoms with van der Waals surface area (Å²) >= 11 is 5.91. The molecule has 1 amide bonds. The number of piperidine rings is 1. The summed E-state index contributed by atoms with van der Waals surface area (Å²) in [4.78, 5) is 24.7. The molecule has 0 aliphatic carbocycles. The highest BCUT2D eigenvalue weighted by atomic mass is 35.5. The van der Waals surface area contributed by atoms with Crippen molar-refractivity contribution in [2.24, 2.45) is 0 Å². The molecule has 0 spiro atoms. The van der Waals surface area contributed by atoms with Gasteiger partial charge in [-0.05, 0) is 57.0 Å². The zero-order valence-corrected chi connectivity index (χ0v) is 17.6. The first-order valence-corrected chi connectivity index (χ1v) is 10.7. The van der Waals surface area contributed by atoms with Crippen LogP contribution in [0.15, 0.2) is 30.3 Å². The Hall–Kier alpha value is -2.39. The second kappa shape index (κ2) is 9.00. The van der Waals surface area contributed by atoms with E-state index in [2.05, 4.69) is 20.2 Å². The molecule has 6 nitrogen and oxygen atoms in total. The lowest BCUT2D eigenvalue weighted by Gasteiger charge is -2.36. The third kappa shape index (κ3) is 5.27. The molecule has 10 heteroatoms. The van der Waals surface area contributed by atoms with Crippen LogP contribution in [-0.2, 0) is 6.18 Å². The van der Waals surface area contributed by atoms with E-state index in [4.69, 9.17) is 11.6 Å². The minimum atomic E-state index is -4.68. The molecule has 2 aliphatic rings. The van der Waals surface area contributed by atoms with Crippen LogP contribution >= 0.6 is 11.6 Å². The van der Waals surface area contributed by atoms with Gasteiger partial charge in [0.2, 0.25) is 5.95 Å². The van der Waals surface area contributed by atoms with Crippen LogP contribution in [0.3, 0.4) is 0 Å². The number of carbonyl (C=O) groups excluding carboxylic acids is 1. The maximum atomic E-state index is 13.5. The highest BCUT2D eigenvalue weighted by Crippen LogP contribution is 2.30. The van der Waals surface area contributed by atoms with E-state index in [0.717, 1.165) is 25.9 Å². The molecule has 2 saturated heterocycles. The summed E-state index contributed by atoms with van der Waals surface area (Å²) < 4.78 is 40.4. The van der Waals surface area contributed by atoms with Crippen molar-refractivity contribution in [1.29, 1.82) is 0 Å². The Bertz CT molecular complexity index is 941. The standard InChI is InChI=1S/C21H23ClF3N5O/c22-14-4-3-5-15(12-14)26-19(31)17-13-18(21(23,24)25)28-20(27-17)30-10-6-16(7-11-30)29-8-1-2-9-29/h3-5,12-13,16H,1-2,6-11H2,(H,26,31). The molecule has 0 saturated carbocycles. The number of rotatable bonds is 4. The van der Waals surface area contributed by atoms with E-state index in [1.165, 1.54) is 18.9 Å². The van der Waals surface area contributed by atoms with Gasteiger partial charge in [-0.2, -0.15) is 13.2 Å². The van der Waals surface area contributed by atoms with Gasteiger partial charge in [0.15, 0.2) is 5.69 Å². The van der Waals surface area contributed by atoms with E-state index in [0.29, 0.717) is 35.9 Å². The summed E-state index contributed by atoms with van der Waals surface area (Å²) in [7, 11) is 0. The number of halogens is 4. The Morgan fingerprint density at radius 2 is 1.77 bits per heavy atom. The van der Waals surface area contributed by atoms with Crippen molar-refractivity contribution in [3.8, 4) is 0 Å². The van der Waals surface area contributed by atoms with Crippen molar-refractivity contribution >= 4 is 29.1 Å². The van der Waals surface area contributed by atoms with Crippen molar-refractivity contribution in [1.82, 2.24) is 14.9 Å². The number of nitrogens with zero attached hydrogens (tertiary/aromatic N) is 4. The number of anilines is 2. The molecule has 2 aromatic rings. The Labute approximate surface area is 183 Å². The largest absolute Gasteiger partial charge is 0.433 e. The second-order valence-electron chi connectivity index (χ2n) is 7.86. The fraction of sp³-hybridized carbons (Fsp3) is 0.476. The lowest BCUT2D eigenvalue weighted by Crippen LogP contribution is -2.44. The molecule has 166 valence electrons. The van der Waals surface area contributed by atoms with Crippen LogP contribution in [0.25, 0.3) is 0 Å². The maximum Gasteiger partial charge on any atom is 0.433 e. The van der Waals surface area contributed by atoms with E-state index < -0.39 is 17.8 Å². The molecule has 1 aromatic carbocycles. The van der Waals surface area contributed by atoms with Crippen molar-refractivity contribution in [2.75, 3.05) is 36.4 Å². The van der Waals surface area contributed by atoms with Crippen LogP contribution in [0.5, 0.6) is 0 Å². The molecule has 31 heavy (non-hydrogen) atoms. The normalized spacial score (nSPS) is 18.4. The Kier molecular flexibility index (Phi) is 6.34. The van der Waals surface area contributed by atoms with Crippen molar-refractivity contribution < 1.29 is 18.0 Å². The fourth-order valence-corrected chi connectivity index (χ4v) is 4.33. The number of hydrogen-bond acceptors (Lipinski definition) is 5. The van der Waals surface area contributed by atoms with E-state index >= 15 is 0 Å². The molecule has 1 aromatic heterocycles. The molecule has 2 fully saturated rings. The molecule has 1 N–H and O–H groups in total. The zero-order chi connectivity index (χ0) is 22.0. The lowest BCUT2D eigenvalue weighted by molar-refractivity contribution is -0.141.